The Balaban J connectivity index is 2.22. The van der Waals surface area contributed by atoms with Gasteiger partial charge in [-0.2, -0.15) is 0 Å². The zero-order valence-corrected chi connectivity index (χ0v) is 19.7. The van der Waals surface area contributed by atoms with Crippen molar-refractivity contribution in [3.8, 4) is 5.69 Å². The molecule has 0 aliphatic carbocycles. The first-order chi connectivity index (χ1) is 12.9. The Hall–Kier alpha value is -0.510. The summed E-state index contributed by atoms with van der Waals surface area (Å²) < 4.78 is 0.116. The van der Waals surface area contributed by atoms with Crippen LogP contribution < -0.4 is 16.2 Å². The highest BCUT2D eigenvalue weighted by Gasteiger charge is 2.34. The molecule has 0 amide bonds. The number of benzene rings is 1. The summed E-state index contributed by atoms with van der Waals surface area (Å²) in [6.07, 6.45) is 1.57. The normalized spacial score (nSPS) is 17.1. The van der Waals surface area contributed by atoms with E-state index in [9.17, 15) is 4.79 Å². The highest BCUT2D eigenvalue weighted by molar-refractivity contribution is 8.15. The van der Waals surface area contributed by atoms with E-state index in [0.717, 1.165) is 12.8 Å². The molecule has 152 valence electrons. The van der Waals surface area contributed by atoms with Crippen molar-refractivity contribution in [1.29, 1.82) is 0 Å². The van der Waals surface area contributed by atoms with Crippen LogP contribution in [0.25, 0.3) is 5.69 Å². The van der Waals surface area contributed by atoms with Gasteiger partial charge >= 0.3 is 0 Å². The monoisotopic (exact) mass is 476 g/mol. The molecule has 1 aliphatic heterocycles. The molecule has 3 rings (SSSR count). The number of thiol groups is 3. The van der Waals surface area contributed by atoms with E-state index >= 15 is 0 Å². The molecule has 2 N–H and O–H groups in total. The maximum atomic E-state index is 13.5. The van der Waals surface area contributed by atoms with Crippen LogP contribution in [0.1, 0.15) is 31.2 Å². The van der Waals surface area contributed by atoms with E-state index in [4.69, 9.17) is 33.9 Å². The number of nitrogens with two attached hydrogens (primary N) is 1. The number of piperidine rings is 1. The number of nitrogens with zero attached hydrogens (tertiary/aromatic N) is 3. The van der Waals surface area contributed by atoms with Gasteiger partial charge in [0.05, 0.1) is 21.3 Å². The molecular weight excluding hydrogens is 455 g/mol. The molecule has 28 heavy (non-hydrogen) atoms. The Kier molecular flexibility index (Phi) is 6.31. The van der Waals surface area contributed by atoms with Crippen LogP contribution in [0.2, 0.25) is 10.0 Å². The second-order valence-corrected chi connectivity index (χ2v) is 11.2. The van der Waals surface area contributed by atoms with Gasteiger partial charge in [-0.3, -0.25) is 9.36 Å². The van der Waals surface area contributed by atoms with Gasteiger partial charge in [-0.1, -0.05) is 29.3 Å². The summed E-state index contributed by atoms with van der Waals surface area (Å²) in [6.45, 7) is 5.14. The van der Waals surface area contributed by atoms with Gasteiger partial charge in [-0.15, -0.1) is 37.9 Å². The first-order valence-corrected chi connectivity index (χ1v) is 10.8. The molecule has 5 nitrogen and oxygen atoms in total. The molecule has 10 heteroatoms. The van der Waals surface area contributed by atoms with Crippen molar-refractivity contribution in [1.82, 2.24) is 9.55 Å². The van der Waals surface area contributed by atoms with E-state index in [1.54, 1.807) is 25.1 Å². The van der Waals surface area contributed by atoms with Crippen molar-refractivity contribution in [2.45, 2.75) is 35.6 Å². The Morgan fingerprint density at radius 3 is 2.39 bits per heavy atom. The van der Waals surface area contributed by atoms with Crippen molar-refractivity contribution < 1.29 is 0 Å². The minimum absolute atomic E-state index is 0.227. The SMILES string of the molecule is Cc1nc(N2CCC(C)(N)CC2)c(C(S)(S)S)c(=O)n1-c1cccc(Cl)c1Cl. The lowest BCUT2D eigenvalue weighted by molar-refractivity contribution is 0.362. The molecule has 0 spiro atoms. The Morgan fingerprint density at radius 2 is 1.82 bits per heavy atom. The molecule has 1 aromatic heterocycles. The van der Waals surface area contributed by atoms with Crippen LogP contribution in [0.5, 0.6) is 0 Å². The second kappa shape index (κ2) is 7.96. The first kappa shape index (κ1) is 22.2. The molecule has 1 aliphatic rings. The molecule has 0 atom stereocenters. The maximum absolute atomic E-state index is 13.5. The number of halogens is 2. The zero-order chi connectivity index (χ0) is 20.9. The predicted molar refractivity (Wildman–Crippen MR) is 127 cm³/mol. The lowest BCUT2D eigenvalue weighted by atomic mass is 9.91. The Morgan fingerprint density at radius 1 is 1.21 bits per heavy atom. The van der Waals surface area contributed by atoms with E-state index < -0.39 is 3.41 Å². The molecule has 1 fully saturated rings. The minimum Gasteiger partial charge on any atom is -0.356 e. The van der Waals surface area contributed by atoms with Crippen LogP contribution in [-0.4, -0.2) is 28.2 Å². The van der Waals surface area contributed by atoms with E-state index in [1.165, 1.54) is 4.57 Å². The highest BCUT2D eigenvalue weighted by Crippen LogP contribution is 2.40. The van der Waals surface area contributed by atoms with E-state index in [-0.39, 0.29) is 21.7 Å². The summed E-state index contributed by atoms with van der Waals surface area (Å²) in [5.74, 6) is 1.00. The first-order valence-electron chi connectivity index (χ1n) is 8.72. The third-order valence-corrected chi connectivity index (χ3v) is 6.42. The standard InChI is InChI=1S/C18H22Cl2N4OS3/c1-10-22-15(23-8-6-17(2,21)7-9-23)13(18(26,27)28)16(25)24(10)12-5-3-4-11(19)14(12)20/h3-5,26-28H,6-9,21H2,1-2H3. The van der Waals surface area contributed by atoms with Gasteiger partial charge < -0.3 is 10.6 Å². The van der Waals surface area contributed by atoms with Crippen LogP contribution in [0, 0.1) is 6.92 Å². The van der Waals surface area contributed by atoms with Gasteiger partial charge in [-0.05, 0) is 38.8 Å². The van der Waals surface area contributed by atoms with Crippen molar-refractivity contribution in [3.63, 3.8) is 0 Å². The van der Waals surface area contributed by atoms with Gasteiger partial charge in [0.1, 0.15) is 15.1 Å². The lowest BCUT2D eigenvalue weighted by Crippen LogP contribution is -2.49. The highest BCUT2D eigenvalue weighted by atomic mass is 35.5. The van der Waals surface area contributed by atoms with Crippen LogP contribution in [-0.2, 0) is 3.41 Å². The van der Waals surface area contributed by atoms with E-state index in [1.807, 2.05) is 11.8 Å². The quantitative estimate of drug-likeness (QED) is 0.398. The molecule has 2 heterocycles. The van der Waals surface area contributed by atoms with Gasteiger partial charge in [0.15, 0.2) is 0 Å². The third kappa shape index (κ3) is 4.32. The van der Waals surface area contributed by atoms with Crippen LogP contribution in [0.3, 0.4) is 0 Å². The molecule has 0 bridgehead atoms. The smallest absolute Gasteiger partial charge is 0.266 e. The molecule has 0 radical (unpaired) electrons. The van der Waals surface area contributed by atoms with Crippen LogP contribution in [0.4, 0.5) is 5.82 Å². The summed E-state index contributed by atoms with van der Waals surface area (Å²) in [5, 5.41) is 0.623. The number of hydrogen-bond donors (Lipinski definition) is 4. The largest absolute Gasteiger partial charge is 0.356 e. The third-order valence-electron chi connectivity index (χ3n) is 4.94. The number of aromatic nitrogens is 2. The van der Waals surface area contributed by atoms with Crippen molar-refractivity contribution in [2.75, 3.05) is 18.0 Å². The summed E-state index contributed by atoms with van der Waals surface area (Å²) in [5.41, 5.74) is 6.40. The molecular formula is C18H22Cl2N4OS3. The number of aryl methyl sites for hydroxylation is 1. The number of anilines is 1. The maximum Gasteiger partial charge on any atom is 0.266 e. The van der Waals surface area contributed by atoms with E-state index in [2.05, 4.69) is 37.9 Å². The van der Waals surface area contributed by atoms with Gasteiger partial charge in [0.2, 0.25) is 0 Å². The molecule has 2 aromatic rings. The molecule has 1 aromatic carbocycles. The average Bonchev–Trinajstić information content (AvgIpc) is 2.56. The Bertz CT molecular complexity index is 963. The fourth-order valence-electron chi connectivity index (χ4n) is 3.31. The summed E-state index contributed by atoms with van der Waals surface area (Å²) in [4.78, 5) is 20.3. The fraction of sp³-hybridized carbons (Fsp3) is 0.444. The lowest BCUT2D eigenvalue weighted by Gasteiger charge is -2.39. The van der Waals surface area contributed by atoms with Gasteiger partial charge in [0, 0.05) is 18.6 Å². The van der Waals surface area contributed by atoms with Crippen LogP contribution >= 0.6 is 61.1 Å². The van der Waals surface area contributed by atoms with Gasteiger partial charge in [0.25, 0.3) is 5.56 Å². The van der Waals surface area contributed by atoms with Crippen molar-refractivity contribution >= 4 is 66.9 Å². The second-order valence-electron chi connectivity index (χ2n) is 7.35. The zero-order valence-electron chi connectivity index (χ0n) is 15.5. The van der Waals surface area contributed by atoms with Gasteiger partial charge in [-0.25, -0.2) is 4.98 Å². The summed E-state index contributed by atoms with van der Waals surface area (Å²) in [7, 11) is 0. The predicted octanol–water partition coefficient (Wildman–Crippen LogP) is 4.07. The summed E-state index contributed by atoms with van der Waals surface area (Å²) in [6, 6.07) is 5.10. The summed E-state index contributed by atoms with van der Waals surface area (Å²) >= 11 is 25.8. The molecule has 0 saturated carbocycles. The van der Waals surface area contributed by atoms with E-state index in [0.29, 0.717) is 35.4 Å². The molecule has 0 unspecified atom stereocenters. The topological polar surface area (TPSA) is 64.2 Å². The molecule has 1 saturated heterocycles. The number of hydrogen-bond acceptors (Lipinski definition) is 7. The average molecular weight is 478 g/mol. The van der Waals surface area contributed by atoms with Crippen molar-refractivity contribution in [3.05, 3.63) is 50.0 Å². The number of rotatable bonds is 3. The fourth-order valence-corrected chi connectivity index (χ4v) is 4.28. The van der Waals surface area contributed by atoms with Crippen LogP contribution in [0.15, 0.2) is 23.0 Å². The Labute approximate surface area is 190 Å². The van der Waals surface area contributed by atoms with Crippen molar-refractivity contribution in [2.24, 2.45) is 5.73 Å². The minimum atomic E-state index is -1.30.